The van der Waals surface area contributed by atoms with E-state index in [9.17, 15) is 4.79 Å². The standard InChI is InChI=1S/C9H15N3O2/c1-11-7-10-12(9(11)13)6-8-2-4-14-5-3-8/h7-8H,2-6H2,1H3. The van der Waals surface area contributed by atoms with Crippen LogP contribution in [0.1, 0.15) is 12.8 Å². The van der Waals surface area contributed by atoms with Crippen molar-refractivity contribution in [2.24, 2.45) is 13.0 Å². The third-order valence-electron chi connectivity index (χ3n) is 2.66. The fourth-order valence-corrected chi connectivity index (χ4v) is 1.72. The molecule has 78 valence electrons. The highest BCUT2D eigenvalue weighted by Gasteiger charge is 2.15. The van der Waals surface area contributed by atoms with Gasteiger partial charge in [-0.1, -0.05) is 0 Å². The van der Waals surface area contributed by atoms with Crippen LogP contribution in [-0.4, -0.2) is 27.6 Å². The number of nitrogens with zero attached hydrogens (tertiary/aromatic N) is 3. The molecule has 0 bridgehead atoms. The van der Waals surface area contributed by atoms with Gasteiger partial charge in [-0.3, -0.25) is 4.57 Å². The van der Waals surface area contributed by atoms with Crippen LogP contribution in [0.2, 0.25) is 0 Å². The van der Waals surface area contributed by atoms with Crippen LogP contribution in [-0.2, 0) is 18.3 Å². The average molecular weight is 197 g/mol. The SMILES string of the molecule is Cn1cnn(CC2CCOCC2)c1=O. The molecule has 1 aromatic rings. The van der Waals surface area contributed by atoms with E-state index in [2.05, 4.69) is 5.10 Å². The monoisotopic (exact) mass is 197 g/mol. The van der Waals surface area contributed by atoms with E-state index in [-0.39, 0.29) is 5.69 Å². The topological polar surface area (TPSA) is 49.0 Å². The molecule has 1 aliphatic heterocycles. The van der Waals surface area contributed by atoms with Crippen LogP contribution >= 0.6 is 0 Å². The predicted octanol–water partition coefficient (Wildman–Crippen LogP) is 0.00840. The lowest BCUT2D eigenvalue weighted by Gasteiger charge is -2.21. The second-order valence-electron chi connectivity index (χ2n) is 3.76. The Kier molecular flexibility index (Phi) is 2.67. The summed E-state index contributed by atoms with van der Waals surface area (Å²) in [6.45, 7) is 2.35. The van der Waals surface area contributed by atoms with Gasteiger partial charge in [0.25, 0.3) is 0 Å². The molecular formula is C9H15N3O2. The summed E-state index contributed by atoms with van der Waals surface area (Å²) in [5.41, 5.74) is -0.0310. The summed E-state index contributed by atoms with van der Waals surface area (Å²) in [4.78, 5) is 11.5. The number of aromatic nitrogens is 3. The molecule has 0 aromatic carbocycles. The minimum Gasteiger partial charge on any atom is -0.381 e. The van der Waals surface area contributed by atoms with Gasteiger partial charge in [0.1, 0.15) is 6.33 Å². The Morgan fingerprint density at radius 2 is 2.29 bits per heavy atom. The van der Waals surface area contributed by atoms with Crippen molar-refractivity contribution < 1.29 is 4.74 Å². The first-order chi connectivity index (χ1) is 6.77. The summed E-state index contributed by atoms with van der Waals surface area (Å²) in [5, 5.41) is 4.04. The maximum Gasteiger partial charge on any atom is 0.345 e. The van der Waals surface area contributed by atoms with Crippen molar-refractivity contribution in [2.75, 3.05) is 13.2 Å². The predicted molar refractivity (Wildman–Crippen MR) is 51.0 cm³/mol. The molecule has 0 atom stereocenters. The highest BCUT2D eigenvalue weighted by Crippen LogP contribution is 2.15. The van der Waals surface area contributed by atoms with Crippen LogP contribution in [0.15, 0.2) is 11.1 Å². The first-order valence-corrected chi connectivity index (χ1v) is 4.93. The summed E-state index contributed by atoms with van der Waals surface area (Å²) >= 11 is 0. The molecule has 0 spiro atoms. The molecule has 1 aromatic heterocycles. The quantitative estimate of drug-likeness (QED) is 0.671. The second kappa shape index (κ2) is 3.96. The Morgan fingerprint density at radius 1 is 1.57 bits per heavy atom. The maximum atomic E-state index is 11.5. The van der Waals surface area contributed by atoms with Gasteiger partial charge in [0.05, 0.1) is 0 Å². The normalized spacial score (nSPS) is 18.6. The lowest BCUT2D eigenvalue weighted by atomic mass is 10.0. The Bertz CT molecular complexity index is 349. The van der Waals surface area contributed by atoms with Gasteiger partial charge in [0.2, 0.25) is 0 Å². The second-order valence-corrected chi connectivity index (χ2v) is 3.76. The first-order valence-electron chi connectivity index (χ1n) is 4.93. The zero-order chi connectivity index (χ0) is 9.97. The van der Waals surface area contributed by atoms with E-state index in [0.717, 1.165) is 32.6 Å². The maximum absolute atomic E-state index is 11.5. The van der Waals surface area contributed by atoms with Crippen LogP contribution in [0.25, 0.3) is 0 Å². The smallest absolute Gasteiger partial charge is 0.345 e. The molecule has 14 heavy (non-hydrogen) atoms. The highest BCUT2D eigenvalue weighted by molar-refractivity contribution is 4.69. The van der Waals surface area contributed by atoms with Crippen molar-refractivity contribution in [1.82, 2.24) is 14.3 Å². The van der Waals surface area contributed by atoms with Crippen molar-refractivity contribution in [3.05, 3.63) is 16.8 Å². The van der Waals surface area contributed by atoms with E-state index in [1.165, 1.54) is 9.25 Å². The average Bonchev–Trinajstić information content (AvgIpc) is 2.52. The molecule has 5 heteroatoms. The fourth-order valence-electron chi connectivity index (χ4n) is 1.72. The molecule has 1 fully saturated rings. The number of aryl methyl sites for hydroxylation is 1. The van der Waals surface area contributed by atoms with E-state index < -0.39 is 0 Å². The third-order valence-corrected chi connectivity index (χ3v) is 2.66. The van der Waals surface area contributed by atoms with Crippen molar-refractivity contribution in [3.63, 3.8) is 0 Å². The molecule has 2 heterocycles. The van der Waals surface area contributed by atoms with Gasteiger partial charge in [-0.15, -0.1) is 0 Å². The van der Waals surface area contributed by atoms with E-state index in [0.29, 0.717) is 5.92 Å². The van der Waals surface area contributed by atoms with Gasteiger partial charge in [-0.05, 0) is 18.8 Å². The fraction of sp³-hybridized carbons (Fsp3) is 0.778. The van der Waals surface area contributed by atoms with Crippen molar-refractivity contribution in [3.8, 4) is 0 Å². The number of rotatable bonds is 2. The Morgan fingerprint density at radius 3 is 2.86 bits per heavy atom. The molecule has 1 aliphatic rings. The van der Waals surface area contributed by atoms with Gasteiger partial charge in [0, 0.05) is 26.8 Å². The molecular weight excluding hydrogens is 182 g/mol. The zero-order valence-electron chi connectivity index (χ0n) is 8.35. The van der Waals surface area contributed by atoms with Crippen LogP contribution in [0.5, 0.6) is 0 Å². The van der Waals surface area contributed by atoms with E-state index >= 15 is 0 Å². The van der Waals surface area contributed by atoms with Crippen molar-refractivity contribution in [2.45, 2.75) is 19.4 Å². The molecule has 0 radical (unpaired) electrons. The van der Waals surface area contributed by atoms with Gasteiger partial charge in [0.15, 0.2) is 0 Å². The van der Waals surface area contributed by atoms with E-state index in [1.54, 1.807) is 13.4 Å². The van der Waals surface area contributed by atoms with E-state index in [1.807, 2.05) is 0 Å². The van der Waals surface area contributed by atoms with Crippen LogP contribution in [0, 0.1) is 5.92 Å². The van der Waals surface area contributed by atoms with Crippen molar-refractivity contribution in [1.29, 1.82) is 0 Å². The summed E-state index contributed by atoms with van der Waals surface area (Å²) < 4.78 is 8.30. The van der Waals surface area contributed by atoms with Gasteiger partial charge >= 0.3 is 5.69 Å². The number of hydrogen-bond donors (Lipinski definition) is 0. The summed E-state index contributed by atoms with van der Waals surface area (Å²) in [7, 11) is 1.72. The molecule has 0 saturated carbocycles. The highest BCUT2D eigenvalue weighted by atomic mass is 16.5. The summed E-state index contributed by atoms with van der Waals surface area (Å²) in [6.07, 6.45) is 3.62. The third kappa shape index (κ3) is 1.87. The molecule has 5 nitrogen and oxygen atoms in total. The molecule has 0 N–H and O–H groups in total. The van der Waals surface area contributed by atoms with Gasteiger partial charge < -0.3 is 4.74 Å². The van der Waals surface area contributed by atoms with Crippen LogP contribution in [0.3, 0.4) is 0 Å². The minimum absolute atomic E-state index is 0.0310. The molecule has 1 saturated heterocycles. The number of hydrogen-bond acceptors (Lipinski definition) is 3. The Balaban J connectivity index is 2.02. The zero-order valence-corrected chi connectivity index (χ0v) is 8.35. The first kappa shape index (κ1) is 9.45. The number of ether oxygens (including phenoxy) is 1. The summed E-state index contributed by atoms with van der Waals surface area (Å²) in [6, 6.07) is 0. The van der Waals surface area contributed by atoms with Crippen LogP contribution < -0.4 is 5.69 Å². The molecule has 2 rings (SSSR count). The molecule has 0 amide bonds. The van der Waals surface area contributed by atoms with Gasteiger partial charge in [-0.2, -0.15) is 5.10 Å². The van der Waals surface area contributed by atoms with E-state index in [4.69, 9.17) is 4.74 Å². The lowest BCUT2D eigenvalue weighted by molar-refractivity contribution is 0.0597. The lowest BCUT2D eigenvalue weighted by Crippen LogP contribution is -2.28. The van der Waals surface area contributed by atoms with Crippen molar-refractivity contribution >= 4 is 0 Å². The Labute approximate surface area is 82.3 Å². The minimum atomic E-state index is -0.0310. The summed E-state index contributed by atoms with van der Waals surface area (Å²) in [5.74, 6) is 0.538. The largest absolute Gasteiger partial charge is 0.381 e. The molecule has 0 aliphatic carbocycles. The Hall–Kier alpha value is -1.10. The van der Waals surface area contributed by atoms with Crippen LogP contribution in [0.4, 0.5) is 0 Å². The van der Waals surface area contributed by atoms with Gasteiger partial charge in [-0.25, -0.2) is 9.48 Å². The molecule has 0 unspecified atom stereocenters.